The van der Waals surface area contributed by atoms with Crippen LogP contribution < -0.4 is 15.4 Å². The molecule has 0 aliphatic carbocycles. The number of rotatable bonds is 2. The second-order valence-electron chi connectivity index (χ2n) is 1.72. The van der Waals surface area contributed by atoms with Gasteiger partial charge in [0.15, 0.2) is 6.26 Å². The van der Waals surface area contributed by atoms with E-state index in [1.807, 2.05) is 0 Å². The summed E-state index contributed by atoms with van der Waals surface area (Å²) in [5.74, 6) is 0.393. The van der Waals surface area contributed by atoms with E-state index in [1.54, 1.807) is 14.1 Å². The highest BCUT2D eigenvalue weighted by molar-refractivity contribution is 5.27. The van der Waals surface area contributed by atoms with E-state index in [9.17, 15) is 5.21 Å². The fourth-order valence-corrected chi connectivity index (χ4v) is 0.638. The zero-order valence-corrected chi connectivity index (χ0v) is 5.84. The standard InChI is InChI=1S/C5H9N3O2/c1-6-4-3-10-5(7-2)8(4)9/h3,6-7H,1-2H3. The summed E-state index contributed by atoms with van der Waals surface area (Å²) in [6, 6.07) is 0.185. The Hall–Kier alpha value is -1.39. The maximum Gasteiger partial charge on any atom is 0.397 e. The molecule has 0 spiro atoms. The maximum atomic E-state index is 10.9. The van der Waals surface area contributed by atoms with Gasteiger partial charge in [-0.25, -0.2) is 4.73 Å². The molecular weight excluding hydrogens is 134 g/mol. The van der Waals surface area contributed by atoms with Crippen LogP contribution in [0.15, 0.2) is 10.7 Å². The molecule has 0 unspecified atom stereocenters. The van der Waals surface area contributed by atoms with Crippen molar-refractivity contribution >= 4 is 11.8 Å². The van der Waals surface area contributed by atoms with Gasteiger partial charge in [0.1, 0.15) is 0 Å². The first-order valence-corrected chi connectivity index (χ1v) is 2.86. The molecule has 1 rings (SSSR count). The minimum absolute atomic E-state index is 0.185. The van der Waals surface area contributed by atoms with E-state index in [2.05, 4.69) is 10.6 Å². The quantitative estimate of drug-likeness (QED) is 0.451. The van der Waals surface area contributed by atoms with Crippen LogP contribution in [0.1, 0.15) is 0 Å². The smallest absolute Gasteiger partial charge is 0.397 e. The molecule has 0 saturated heterocycles. The summed E-state index contributed by atoms with van der Waals surface area (Å²) < 4.78 is 5.45. The third-order valence-electron chi connectivity index (χ3n) is 1.16. The molecule has 0 fully saturated rings. The predicted octanol–water partition coefficient (Wildman–Crippen LogP) is -0.00360. The first-order valence-electron chi connectivity index (χ1n) is 2.86. The number of hydrogen-bond acceptors (Lipinski definition) is 4. The lowest BCUT2D eigenvalue weighted by molar-refractivity contribution is -0.577. The summed E-state index contributed by atoms with van der Waals surface area (Å²) in [5.41, 5.74) is 0. The van der Waals surface area contributed by atoms with E-state index in [0.717, 1.165) is 0 Å². The molecule has 0 radical (unpaired) electrons. The maximum absolute atomic E-state index is 10.9. The average Bonchev–Trinajstić information content (AvgIpc) is 2.30. The molecule has 0 aliphatic heterocycles. The topological polar surface area (TPSA) is 64.1 Å². The van der Waals surface area contributed by atoms with Crippen molar-refractivity contribution in [3.05, 3.63) is 11.5 Å². The highest BCUT2D eigenvalue weighted by atomic mass is 16.5. The van der Waals surface area contributed by atoms with Crippen LogP contribution in [0.2, 0.25) is 0 Å². The number of nitrogens with zero attached hydrogens (tertiary/aromatic N) is 1. The van der Waals surface area contributed by atoms with Crippen molar-refractivity contribution in [2.24, 2.45) is 0 Å². The van der Waals surface area contributed by atoms with Crippen molar-refractivity contribution in [3.8, 4) is 0 Å². The van der Waals surface area contributed by atoms with Gasteiger partial charge in [-0.15, -0.1) is 0 Å². The Balaban J connectivity index is 2.97. The van der Waals surface area contributed by atoms with Gasteiger partial charge in [-0.2, -0.15) is 0 Å². The molecular formula is C5H9N3O2. The van der Waals surface area contributed by atoms with Gasteiger partial charge in [0.2, 0.25) is 0 Å². The molecule has 10 heavy (non-hydrogen) atoms. The summed E-state index contributed by atoms with van der Waals surface area (Å²) in [4.78, 5) is 0. The minimum atomic E-state index is 0.185. The summed E-state index contributed by atoms with van der Waals surface area (Å²) in [6.07, 6.45) is 1.35. The van der Waals surface area contributed by atoms with Gasteiger partial charge in [0.05, 0.1) is 7.05 Å². The van der Waals surface area contributed by atoms with Crippen LogP contribution in [-0.4, -0.2) is 14.1 Å². The number of anilines is 2. The second-order valence-corrected chi connectivity index (χ2v) is 1.72. The van der Waals surface area contributed by atoms with E-state index in [4.69, 9.17) is 4.42 Å². The molecule has 0 amide bonds. The van der Waals surface area contributed by atoms with Gasteiger partial charge < -0.3 is 14.9 Å². The van der Waals surface area contributed by atoms with Crippen molar-refractivity contribution in [1.82, 2.24) is 0 Å². The summed E-state index contributed by atoms with van der Waals surface area (Å²) in [6.45, 7) is 0. The Labute approximate surface area is 58.2 Å². The Kier molecular flexibility index (Phi) is 1.66. The molecule has 5 heteroatoms. The van der Waals surface area contributed by atoms with Gasteiger partial charge in [-0.1, -0.05) is 0 Å². The highest BCUT2D eigenvalue weighted by Gasteiger charge is 2.07. The van der Waals surface area contributed by atoms with Gasteiger partial charge in [0.25, 0.3) is 5.82 Å². The first kappa shape index (κ1) is 6.73. The van der Waals surface area contributed by atoms with Crippen LogP contribution in [0.4, 0.5) is 11.8 Å². The minimum Gasteiger partial charge on any atom is -0.738 e. The number of aromatic nitrogens is 1. The molecule has 1 aromatic rings. The highest BCUT2D eigenvalue weighted by Crippen LogP contribution is 2.06. The molecule has 0 aliphatic rings. The van der Waals surface area contributed by atoms with Crippen LogP contribution in [0, 0.1) is 5.21 Å². The molecule has 1 heterocycles. The average molecular weight is 143 g/mol. The van der Waals surface area contributed by atoms with E-state index in [0.29, 0.717) is 10.5 Å². The van der Waals surface area contributed by atoms with E-state index >= 15 is 0 Å². The summed E-state index contributed by atoms with van der Waals surface area (Å²) in [5, 5.41) is 16.2. The fourth-order valence-electron chi connectivity index (χ4n) is 0.638. The molecule has 56 valence electrons. The Morgan fingerprint density at radius 1 is 1.50 bits per heavy atom. The summed E-state index contributed by atoms with van der Waals surface area (Å²) in [7, 11) is 3.27. The zero-order valence-electron chi connectivity index (χ0n) is 5.84. The lowest BCUT2D eigenvalue weighted by Gasteiger charge is -2.02. The number of oxazole rings is 1. The fraction of sp³-hybridized carbons (Fsp3) is 0.400. The van der Waals surface area contributed by atoms with Crippen LogP contribution in [0.3, 0.4) is 0 Å². The zero-order chi connectivity index (χ0) is 7.56. The molecule has 0 atom stereocenters. The van der Waals surface area contributed by atoms with Gasteiger partial charge >= 0.3 is 6.01 Å². The lowest BCUT2D eigenvalue weighted by atomic mass is 10.8. The van der Waals surface area contributed by atoms with E-state index in [-0.39, 0.29) is 6.01 Å². The molecule has 5 nitrogen and oxygen atoms in total. The number of hydrogen-bond donors (Lipinski definition) is 2. The van der Waals surface area contributed by atoms with Crippen molar-refractivity contribution in [2.45, 2.75) is 0 Å². The van der Waals surface area contributed by atoms with Crippen molar-refractivity contribution in [2.75, 3.05) is 24.7 Å². The van der Waals surface area contributed by atoms with Crippen LogP contribution >= 0.6 is 0 Å². The van der Waals surface area contributed by atoms with Crippen LogP contribution in [0.25, 0.3) is 0 Å². The lowest BCUT2D eigenvalue weighted by Crippen LogP contribution is -2.29. The van der Waals surface area contributed by atoms with E-state index in [1.165, 1.54) is 6.26 Å². The van der Waals surface area contributed by atoms with Gasteiger partial charge in [-0.3, -0.25) is 5.32 Å². The normalized spacial score (nSPS) is 9.40. The summed E-state index contributed by atoms with van der Waals surface area (Å²) >= 11 is 0. The second kappa shape index (κ2) is 2.47. The van der Waals surface area contributed by atoms with Gasteiger partial charge in [0, 0.05) is 7.05 Å². The van der Waals surface area contributed by atoms with E-state index < -0.39 is 0 Å². The van der Waals surface area contributed by atoms with Crippen LogP contribution in [-0.2, 0) is 0 Å². The number of nitrogens with one attached hydrogen (secondary N) is 2. The third-order valence-corrected chi connectivity index (χ3v) is 1.16. The third kappa shape index (κ3) is 0.854. The molecule has 0 saturated carbocycles. The first-order chi connectivity index (χ1) is 4.79. The molecule has 2 N–H and O–H groups in total. The Bertz CT molecular complexity index is 199. The molecule has 0 bridgehead atoms. The monoisotopic (exact) mass is 143 g/mol. The largest absolute Gasteiger partial charge is 0.738 e. The van der Waals surface area contributed by atoms with Crippen molar-refractivity contribution in [3.63, 3.8) is 0 Å². The Morgan fingerprint density at radius 3 is 2.50 bits per heavy atom. The predicted molar refractivity (Wildman–Crippen MR) is 36.8 cm³/mol. The van der Waals surface area contributed by atoms with Gasteiger partial charge in [-0.05, 0) is 0 Å². The molecule has 0 aromatic carbocycles. The van der Waals surface area contributed by atoms with Crippen molar-refractivity contribution in [1.29, 1.82) is 0 Å². The van der Waals surface area contributed by atoms with Crippen LogP contribution in [0.5, 0.6) is 0 Å². The Morgan fingerprint density at radius 2 is 2.20 bits per heavy atom. The SMILES string of the molecule is CNc1coc(NC)[n+]1[O-]. The molecule has 1 aromatic heterocycles. The van der Waals surface area contributed by atoms with Crippen molar-refractivity contribution < 1.29 is 9.15 Å².